The first-order valence-corrected chi connectivity index (χ1v) is 16.3. The number of hydrogen-bond donors (Lipinski definition) is 0. The fraction of sp³-hybridized carbons (Fsp3) is 0.143. The number of hydrogen-bond acceptors (Lipinski definition) is 6. The summed E-state index contributed by atoms with van der Waals surface area (Å²) < 4.78 is 0. The Bertz CT molecular complexity index is 2010. The van der Waals surface area contributed by atoms with Crippen LogP contribution in [0.15, 0.2) is 140 Å². The van der Waals surface area contributed by atoms with Crippen LogP contribution < -0.4 is 0 Å². The van der Waals surface area contributed by atoms with Gasteiger partial charge < -0.3 is 0 Å². The summed E-state index contributed by atoms with van der Waals surface area (Å²) >= 11 is 0. The third-order valence-corrected chi connectivity index (χ3v) is 8.70. The van der Waals surface area contributed by atoms with Gasteiger partial charge in [-0.15, -0.1) is 0 Å². The molecule has 0 unspecified atom stereocenters. The Labute approximate surface area is 281 Å². The third kappa shape index (κ3) is 6.65. The second-order valence-corrected chi connectivity index (χ2v) is 12.5. The van der Waals surface area contributed by atoms with Crippen molar-refractivity contribution in [3.63, 3.8) is 0 Å². The zero-order chi connectivity index (χ0) is 32.9. The largest absolute Gasteiger partial charge is 0.252 e. The molecule has 0 saturated carbocycles. The molecule has 0 saturated heterocycles. The van der Waals surface area contributed by atoms with Gasteiger partial charge >= 0.3 is 0 Å². The van der Waals surface area contributed by atoms with Crippen LogP contribution in [0.25, 0.3) is 67.9 Å². The fourth-order valence-corrected chi connectivity index (χ4v) is 5.95. The van der Waals surface area contributed by atoms with Gasteiger partial charge in [-0.2, -0.15) is 0 Å². The molecular formula is C42H36N6. The lowest BCUT2D eigenvalue weighted by molar-refractivity contribution is 0.473. The Morgan fingerprint density at radius 1 is 0.417 bits per heavy atom. The van der Waals surface area contributed by atoms with Crippen LogP contribution in [0.4, 0.5) is 0 Å². The maximum absolute atomic E-state index is 4.85. The molecule has 0 fully saturated rings. The molecule has 3 aromatic carbocycles. The highest BCUT2D eigenvalue weighted by Gasteiger charge is 2.19. The molecule has 6 heteroatoms. The van der Waals surface area contributed by atoms with Gasteiger partial charge in [-0.05, 0) is 52.3 Å². The summed E-state index contributed by atoms with van der Waals surface area (Å²) in [7, 11) is 0. The van der Waals surface area contributed by atoms with E-state index in [2.05, 4.69) is 75.4 Å². The predicted molar refractivity (Wildman–Crippen MR) is 194 cm³/mol. The Balaban J connectivity index is 1.23. The van der Waals surface area contributed by atoms with E-state index >= 15 is 0 Å². The molecule has 4 aromatic heterocycles. The van der Waals surface area contributed by atoms with Crippen LogP contribution in [-0.2, 0) is 5.41 Å². The first-order valence-electron chi connectivity index (χ1n) is 16.3. The topological polar surface area (TPSA) is 77.3 Å². The van der Waals surface area contributed by atoms with Gasteiger partial charge in [-0.3, -0.25) is 15.0 Å². The highest BCUT2D eigenvalue weighted by Crippen LogP contribution is 2.31. The van der Waals surface area contributed by atoms with Crippen LogP contribution >= 0.6 is 0 Å². The van der Waals surface area contributed by atoms with Gasteiger partial charge in [0.15, 0.2) is 17.5 Å². The van der Waals surface area contributed by atoms with E-state index in [1.165, 1.54) is 5.56 Å². The first kappa shape index (κ1) is 30.8. The van der Waals surface area contributed by atoms with Gasteiger partial charge in [0.2, 0.25) is 0 Å². The van der Waals surface area contributed by atoms with E-state index < -0.39 is 0 Å². The van der Waals surface area contributed by atoms with Gasteiger partial charge in [0.25, 0.3) is 0 Å². The van der Waals surface area contributed by atoms with E-state index in [9.17, 15) is 0 Å². The van der Waals surface area contributed by atoms with E-state index in [0.717, 1.165) is 46.2 Å². The summed E-state index contributed by atoms with van der Waals surface area (Å²) in [5, 5.41) is 0. The smallest absolute Gasteiger partial charge is 0.182 e. The molecule has 7 aromatic rings. The zero-order valence-electron chi connectivity index (χ0n) is 27.4. The molecule has 0 N–H and O–H groups in total. The minimum Gasteiger partial charge on any atom is -0.252 e. The van der Waals surface area contributed by atoms with Crippen molar-refractivity contribution in [1.29, 1.82) is 0 Å². The van der Waals surface area contributed by atoms with Crippen LogP contribution in [0.3, 0.4) is 0 Å². The molecule has 0 bridgehead atoms. The molecule has 7 rings (SSSR count). The molecule has 0 amide bonds. The molecule has 0 aliphatic heterocycles. The van der Waals surface area contributed by atoms with Crippen LogP contribution in [0.1, 0.15) is 39.2 Å². The van der Waals surface area contributed by atoms with Crippen molar-refractivity contribution in [3.8, 4) is 67.9 Å². The summed E-state index contributed by atoms with van der Waals surface area (Å²) in [5.41, 5.74) is 9.81. The third-order valence-electron chi connectivity index (χ3n) is 8.70. The van der Waals surface area contributed by atoms with Crippen molar-refractivity contribution < 1.29 is 0 Å². The Hall–Kier alpha value is -5.88. The van der Waals surface area contributed by atoms with Gasteiger partial charge in [0, 0.05) is 35.3 Å². The van der Waals surface area contributed by atoms with Crippen molar-refractivity contribution in [1.82, 2.24) is 29.9 Å². The summed E-state index contributed by atoms with van der Waals surface area (Å²) in [6.07, 6.45) is 7.89. The molecule has 0 atom stereocenters. The van der Waals surface area contributed by atoms with Crippen molar-refractivity contribution >= 4 is 0 Å². The molecule has 234 valence electrons. The lowest BCUT2D eigenvalue weighted by atomic mass is 9.80. The number of aromatic nitrogens is 6. The molecular weight excluding hydrogens is 589 g/mol. The number of pyridine rings is 3. The lowest BCUT2D eigenvalue weighted by Gasteiger charge is -2.24. The average Bonchev–Trinajstić information content (AvgIpc) is 3.15. The normalized spacial score (nSPS) is 11.4. The van der Waals surface area contributed by atoms with Crippen LogP contribution in [0.5, 0.6) is 0 Å². The van der Waals surface area contributed by atoms with Crippen molar-refractivity contribution in [2.24, 2.45) is 0 Å². The van der Waals surface area contributed by atoms with E-state index in [-0.39, 0.29) is 5.41 Å². The van der Waals surface area contributed by atoms with Gasteiger partial charge in [0.05, 0.1) is 0 Å². The SMILES string of the molecule is CCCC(C)(C)c1ccc(-c2ccc(-c3nc(-c4ccc(-c5ccccc5)cn4)nc(-c4ccc(-c5ccccc5)cn4)n3)nc2)cc1. The summed E-state index contributed by atoms with van der Waals surface area (Å²) in [5.74, 6) is 1.38. The summed E-state index contributed by atoms with van der Waals surface area (Å²) in [6.45, 7) is 6.84. The van der Waals surface area contributed by atoms with Crippen LogP contribution in [0, 0.1) is 0 Å². The Morgan fingerprint density at radius 3 is 1.10 bits per heavy atom. The highest BCUT2D eigenvalue weighted by atomic mass is 15.1. The van der Waals surface area contributed by atoms with E-state index in [1.54, 1.807) is 0 Å². The molecule has 0 spiro atoms. The van der Waals surface area contributed by atoms with Crippen LogP contribution in [0.2, 0.25) is 0 Å². The number of rotatable bonds is 9. The highest BCUT2D eigenvalue weighted by molar-refractivity contribution is 5.69. The average molecular weight is 625 g/mol. The molecule has 0 aliphatic carbocycles. The monoisotopic (exact) mass is 624 g/mol. The molecule has 4 heterocycles. The predicted octanol–water partition coefficient (Wildman–Crippen LogP) is 10.1. The Kier molecular flexibility index (Phi) is 8.63. The molecule has 48 heavy (non-hydrogen) atoms. The first-order chi connectivity index (χ1) is 23.5. The fourth-order valence-electron chi connectivity index (χ4n) is 5.95. The Morgan fingerprint density at radius 2 is 0.771 bits per heavy atom. The van der Waals surface area contributed by atoms with Crippen molar-refractivity contribution in [2.45, 2.75) is 39.0 Å². The molecule has 0 aliphatic rings. The maximum atomic E-state index is 4.85. The van der Waals surface area contributed by atoms with Gasteiger partial charge in [0.1, 0.15) is 17.1 Å². The van der Waals surface area contributed by atoms with Crippen molar-refractivity contribution in [3.05, 3.63) is 145 Å². The summed E-state index contributed by atoms with van der Waals surface area (Å²) in [6, 6.07) is 41.2. The minimum atomic E-state index is 0.150. The molecule has 0 radical (unpaired) electrons. The lowest BCUT2D eigenvalue weighted by Crippen LogP contribution is -2.16. The second-order valence-electron chi connectivity index (χ2n) is 12.5. The number of nitrogens with zero attached hydrogens (tertiary/aromatic N) is 6. The minimum absolute atomic E-state index is 0.150. The van der Waals surface area contributed by atoms with Gasteiger partial charge in [-0.1, -0.05) is 130 Å². The van der Waals surface area contributed by atoms with E-state index in [4.69, 9.17) is 29.9 Å². The summed E-state index contributed by atoms with van der Waals surface area (Å²) in [4.78, 5) is 28.8. The zero-order valence-corrected chi connectivity index (χ0v) is 27.4. The van der Waals surface area contributed by atoms with Gasteiger partial charge in [-0.25, -0.2) is 15.0 Å². The second kappa shape index (κ2) is 13.5. The van der Waals surface area contributed by atoms with Crippen molar-refractivity contribution in [2.75, 3.05) is 0 Å². The van der Waals surface area contributed by atoms with E-state index in [1.807, 2.05) is 85.3 Å². The quantitative estimate of drug-likeness (QED) is 0.159. The molecule has 6 nitrogen and oxygen atoms in total. The number of benzene rings is 3. The van der Waals surface area contributed by atoms with Crippen LogP contribution in [-0.4, -0.2) is 29.9 Å². The standard InChI is InChI=1S/C42H36N6/c1-4-25-42(2,3)35-20-15-31(16-21-35)34-19-24-38(45-28-34)41-47-39(36-22-17-32(26-43-36)29-11-7-5-8-12-29)46-40(48-41)37-23-18-33(27-44-37)30-13-9-6-10-14-30/h5-24,26-28H,4,25H2,1-3H3. The maximum Gasteiger partial charge on any atom is 0.182 e. The van der Waals surface area contributed by atoms with E-state index in [0.29, 0.717) is 34.6 Å².